The predicted octanol–water partition coefficient (Wildman–Crippen LogP) is 3.79. The van der Waals surface area contributed by atoms with Crippen LogP contribution in [0.2, 0.25) is 5.02 Å². The zero-order chi connectivity index (χ0) is 25.3. The van der Waals surface area contributed by atoms with Crippen LogP contribution in [-0.2, 0) is 0 Å². The maximum atomic E-state index is 13.4. The van der Waals surface area contributed by atoms with Crippen molar-refractivity contribution in [2.75, 3.05) is 13.7 Å². The van der Waals surface area contributed by atoms with Crippen LogP contribution in [-0.4, -0.2) is 52.1 Å². The topological polar surface area (TPSA) is 127 Å². The van der Waals surface area contributed by atoms with Crippen molar-refractivity contribution in [3.8, 4) is 5.75 Å². The van der Waals surface area contributed by atoms with Gasteiger partial charge < -0.3 is 4.74 Å². The van der Waals surface area contributed by atoms with Crippen LogP contribution in [0.4, 0.5) is 5.69 Å². The number of benzene rings is 3. The number of Topliss-reactive ketones (excluding diaryl/α,β-unsaturated/α-hetero) is 1. The summed E-state index contributed by atoms with van der Waals surface area (Å²) in [6, 6.07) is 15.2. The second-order valence-corrected chi connectivity index (χ2v) is 7.84. The van der Waals surface area contributed by atoms with Gasteiger partial charge in [0.05, 0.1) is 17.6 Å². The number of carbonyl (C=O) groups excluding carboxylic acids is 4. The van der Waals surface area contributed by atoms with Gasteiger partial charge in [0.2, 0.25) is 0 Å². The van der Waals surface area contributed by atoms with Gasteiger partial charge in [-0.25, -0.2) is 5.01 Å². The number of nitro benzene ring substituents is 1. The third-order valence-corrected chi connectivity index (χ3v) is 5.59. The molecule has 0 radical (unpaired) electrons. The molecule has 176 valence electrons. The lowest BCUT2D eigenvalue weighted by Gasteiger charge is -2.29. The first-order valence-corrected chi connectivity index (χ1v) is 10.5. The SMILES string of the molecule is COc1ccc(C(=O)CN(C(=O)c2ccc(Cl)cc2)N2C(=O)c3cccc([N+](=O)[O-])c3C2=O)cc1. The average molecular weight is 494 g/mol. The number of rotatable bonds is 7. The van der Waals surface area contributed by atoms with E-state index in [0.29, 0.717) is 20.8 Å². The van der Waals surface area contributed by atoms with Gasteiger partial charge in [0.1, 0.15) is 17.9 Å². The molecule has 0 atom stereocenters. The number of carbonyl (C=O) groups is 4. The van der Waals surface area contributed by atoms with Crippen LogP contribution in [0.1, 0.15) is 41.4 Å². The number of nitro groups is 1. The van der Waals surface area contributed by atoms with Gasteiger partial charge in [-0.05, 0) is 54.6 Å². The fraction of sp³-hybridized carbons (Fsp3) is 0.0833. The summed E-state index contributed by atoms with van der Waals surface area (Å²) in [5.41, 5.74) is -1.03. The number of amides is 3. The standard InChI is InChI=1S/C24H16ClN3O7/c1-35-17-11-7-14(8-12-17)20(29)13-26(22(30)15-5-9-16(25)10-6-15)27-23(31)18-3-2-4-19(28(33)34)21(18)24(27)32/h2-12H,13H2,1H3. The molecule has 0 saturated heterocycles. The molecule has 10 nitrogen and oxygen atoms in total. The molecule has 1 heterocycles. The number of imide groups is 1. The van der Waals surface area contributed by atoms with Crippen molar-refractivity contribution >= 4 is 40.8 Å². The molecule has 1 aliphatic rings. The Labute approximate surface area is 203 Å². The Morgan fingerprint density at radius 2 is 1.60 bits per heavy atom. The van der Waals surface area contributed by atoms with Crippen molar-refractivity contribution in [1.29, 1.82) is 0 Å². The number of hydrazine groups is 1. The van der Waals surface area contributed by atoms with Gasteiger partial charge in [-0.3, -0.25) is 29.3 Å². The van der Waals surface area contributed by atoms with Gasteiger partial charge in [-0.1, -0.05) is 17.7 Å². The Morgan fingerprint density at radius 1 is 0.971 bits per heavy atom. The lowest BCUT2D eigenvalue weighted by molar-refractivity contribution is -0.385. The first kappa shape index (κ1) is 23.6. The largest absolute Gasteiger partial charge is 0.497 e. The van der Waals surface area contributed by atoms with E-state index in [2.05, 4.69) is 0 Å². The Hall–Kier alpha value is -4.57. The molecule has 0 aliphatic carbocycles. The predicted molar refractivity (Wildman–Crippen MR) is 123 cm³/mol. The summed E-state index contributed by atoms with van der Waals surface area (Å²) < 4.78 is 5.07. The fourth-order valence-corrected chi connectivity index (χ4v) is 3.73. The monoisotopic (exact) mass is 493 g/mol. The van der Waals surface area contributed by atoms with Crippen molar-refractivity contribution in [2.45, 2.75) is 0 Å². The van der Waals surface area contributed by atoms with E-state index >= 15 is 0 Å². The Morgan fingerprint density at radius 3 is 2.20 bits per heavy atom. The first-order chi connectivity index (χ1) is 16.7. The minimum absolute atomic E-state index is 0.0444. The van der Waals surface area contributed by atoms with E-state index in [-0.39, 0.29) is 16.7 Å². The molecule has 3 aromatic rings. The van der Waals surface area contributed by atoms with Crippen LogP contribution >= 0.6 is 11.6 Å². The normalized spacial score (nSPS) is 12.3. The maximum Gasteiger partial charge on any atom is 0.287 e. The quantitative estimate of drug-likeness (QED) is 0.212. The average Bonchev–Trinajstić information content (AvgIpc) is 3.12. The van der Waals surface area contributed by atoms with Gasteiger partial charge in [-0.15, -0.1) is 0 Å². The van der Waals surface area contributed by atoms with E-state index in [9.17, 15) is 29.3 Å². The molecule has 11 heteroatoms. The summed E-state index contributed by atoms with van der Waals surface area (Å²) in [6.45, 7) is -0.687. The lowest BCUT2D eigenvalue weighted by atomic mass is 10.1. The molecule has 0 spiro atoms. The minimum atomic E-state index is -1.08. The number of halogens is 1. The molecule has 3 amide bonds. The molecular weight excluding hydrogens is 478 g/mol. The minimum Gasteiger partial charge on any atom is -0.497 e. The molecule has 0 saturated carbocycles. The summed E-state index contributed by atoms with van der Waals surface area (Å²) in [5.74, 6) is -2.97. The maximum absolute atomic E-state index is 13.4. The highest BCUT2D eigenvalue weighted by Crippen LogP contribution is 2.32. The highest BCUT2D eigenvalue weighted by molar-refractivity contribution is 6.30. The zero-order valence-electron chi connectivity index (χ0n) is 18.1. The molecule has 0 fully saturated rings. The number of nitrogens with zero attached hydrogens (tertiary/aromatic N) is 3. The van der Waals surface area contributed by atoms with Gasteiger partial charge in [0, 0.05) is 22.2 Å². The van der Waals surface area contributed by atoms with Crippen molar-refractivity contribution in [1.82, 2.24) is 10.0 Å². The molecule has 1 aliphatic heterocycles. The van der Waals surface area contributed by atoms with Crippen molar-refractivity contribution < 1.29 is 28.8 Å². The molecule has 0 unspecified atom stereocenters. The van der Waals surface area contributed by atoms with Crippen molar-refractivity contribution in [2.24, 2.45) is 0 Å². The molecule has 0 aromatic heterocycles. The van der Waals surface area contributed by atoms with Crippen LogP contribution < -0.4 is 4.74 Å². The van der Waals surface area contributed by atoms with Crippen molar-refractivity contribution in [3.63, 3.8) is 0 Å². The van der Waals surface area contributed by atoms with E-state index in [0.717, 1.165) is 6.07 Å². The van der Waals surface area contributed by atoms with Crippen LogP contribution in [0.3, 0.4) is 0 Å². The van der Waals surface area contributed by atoms with Crippen LogP contribution in [0.15, 0.2) is 66.7 Å². The molecule has 0 N–H and O–H groups in total. The van der Waals surface area contributed by atoms with Crippen molar-refractivity contribution in [3.05, 3.63) is 104 Å². The summed E-state index contributed by atoms with van der Waals surface area (Å²) in [4.78, 5) is 63.5. The van der Waals surface area contributed by atoms with E-state index < -0.39 is 46.2 Å². The molecule has 35 heavy (non-hydrogen) atoms. The highest BCUT2D eigenvalue weighted by atomic mass is 35.5. The van der Waals surface area contributed by atoms with Gasteiger partial charge in [0.25, 0.3) is 23.4 Å². The molecule has 0 bridgehead atoms. The first-order valence-electron chi connectivity index (χ1n) is 10.1. The Balaban J connectivity index is 1.76. The third kappa shape index (κ3) is 4.34. The van der Waals surface area contributed by atoms with E-state index in [4.69, 9.17) is 16.3 Å². The van der Waals surface area contributed by atoms with Gasteiger partial charge in [0.15, 0.2) is 5.78 Å². The summed E-state index contributed by atoms with van der Waals surface area (Å²) in [6.07, 6.45) is 0. The van der Waals surface area contributed by atoms with E-state index in [1.165, 1.54) is 55.6 Å². The number of ketones is 1. The van der Waals surface area contributed by atoms with Crippen LogP contribution in [0, 0.1) is 10.1 Å². The van der Waals surface area contributed by atoms with E-state index in [1.54, 1.807) is 12.1 Å². The number of fused-ring (bicyclic) bond motifs is 1. The second-order valence-electron chi connectivity index (χ2n) is 7.40. The smallest absolute Gasteiger partial charge is 0.287 e. The Bertz CT molecular complexity index is 1370. The fourth-order valence-electron chi connectivity index (χ4n) is 3.61. The number of hydrogen-bond donors (Lipinski definition) is 0. The Kier molecular flexibility index (Phi) is 6.30. The molecular formula is C24H16ClN3O7. The zero-order valence-corrected chi connectivity index (χ0v) is 18.9. The van der Waals surface area contributed by atoms with Gasteiger partial charge in [-0.2, -0.15) is 5.01 Å². The lowest BCUT2D eigenvalue weighted by Crippen LogP contribution is -2.51. The third-order valence-electron chi connectivity index (χ3n) is 5.34. The number of ether oxygens (including phenoxy) is 1. The molecule has 4 rings (SSSR count). The van der Waals surface area contributed by atoms with Crippen LogP contribution in [0.25, 0.3) is 0 Å². The summed E-state index contributed by atoms with van der Waals surface area (Å²) in [7, 11) is 1.46. The van der Waals surface area contributed by atoms with E-state index in [1.807, 2.05) is 0 Å². The number of methoxy groups -OCH3 is 1. The van der Waals surface area contributed by atoms with Gasteiger partial charge >= 0.3 is 0 Å². The molecule has 3 aromatic carbocycles. The highest BCUT2D eigenvalue weighted by Gasteiger charge is 2.46. The second kappa shape index (κ2) is 9.35. The summed E-state index contributed by atoms with van der Waals surface area (Å²) >= 11 is 5.89. The summed E-state index contributed by atoms with van der Waals surface area (Å²) in [5, 5.41) is 13.0. The number of hydrogen-bond acceptors (Lipinski definition) is 7. The van der Waals surface area contributed by atoms with Crippen LogP contribution in [0.5, 0.6) is 5.75 Å².